The van der Waals surface area contributed by atoms with Gasteiger partial charge in [-0.1, -0.05) is 0 Å². The normalized spacial score (nSPS) is 13.8. The van der Waals surface area contributed by atoms with Crippen molar-refractivity contribution in [2.24, 2.45) is 0 Å². The molecule has 0 saturated carbocycles. The highest BCUT2D eigenvalue weighted by atomic mass is 19.1. The van der Waals surface area contributed by atoms with Crippen LogP contribution in [0.4, 0.5) is 21.6 Å². The fourth-order valence-corrected chi connectivity index (χ4v) is 3.49. The molecule has 1 fully saturated rings. The fourth-order valence-electron chi connectivity index (χ4n) is 3.49. The number of anilines is 3. The Bertz CT molecular complexity index is 1000. The van der Waals surface area contributed by atoms with Crippen LogP contribution in [0, 0.1) is 5.82 Å². The summed E-state index contributed by atoms with van der Waals surface area (Å²) in [6.45, 7) is 2.94. The number of piperazine rings is 1. The first-order valence-electron chi connectivity index (χ1n) is 9.80. The number of halogens is 1. The summed E-state index contributed by atoms with van der Waals surface area (Å²) in [5.41, 5.74) is 2.37. The number of rotatable bonds is 5. The molecule has 3 aromatic rings. The lowest BCUT2D eigenvalue weighted by Crippen LogP contribution is -2.47. The van der Waals surface area contributed by atoms with Gasteiger partial charge in [-0.2, -0.15) is 0 Å². The zero-order valence-corrected chi connectivity index (χ0v) is 16.7. The smallest absolute Gasteiger partial charge is 0.255 e. The van der Waals surface area contributed by atoms with Crippen LogP contribution in [0.15, 0.2) is 66.9 Å². The Morgan fingerprint density at radius 3 is 2.27 bits per heavy atom. The summed E-state index contributed by atoms with van der Waals surface area (Å²) in [6.07, 6.45) is 1.61. The number of amides is 1. The Labute approximate surface area is 174 Å². The second-order valence-electron chi connectivity index (χ2n) is 7.01. The van der Waals surface area contributed by atoms with Crippen molar-refractivity contribution < 1.29 is 13.9 Å². The maximum Gasteiger partial charge on any atom is 0.255 e. The number of carbonyl (C=O) groups is 1. The first-order valence-corrected chi connectivity index (χ1v) is 9.80. The van der Waals surface area contributed by atoms with E-state index in [-0.39, 0.29) is 11.7 Å². The number of nitrogens with one attached hydrogen (secondary N) is 1. The molecule has 7 heteroatoms. The molecule has 6 nitrogen and oxygen atoms in total. The van der Waals surface area contributed by atoms with Gasteiger partial charge in [0, 0.05) is 49.3 Å². The maximum atomic E-state index is 13.9. The third-order valence-corrected chi connectivity index (χ3v) is 5.16. The first-order chi connectivity index (χ1) is 14.6. The number of aromatic nitrogens is 1. The first kappa shape index (κ1) is 19.7. The summed E-state index contributed by atoms with van der Waals surface area (Å²) in [5, 5.41) is 2.90. The number of hydrogen-bond donors (Lipinski definition) is 1. The molecule has 0 spiro atoms. The van der Waals surface area contributed by atoms with E-state index in [9.17, 15) is 9.18 Å². The van der Waals surface area contributed by atoms with Crippen molar-refractivity contribution in [2.45, 2.75) is 0 Å². The van der Waals surface area contributed by atoms with Gasteiger partial charge in [0.25, 0.3) is 5.91 Å². The van der Waals surface area contributed by atoms with Gasteiger partial charge in [-0.25, -0.2) is 9.37 Å². The van der Waals surface area contributed by atoms with E-state index in [1.54, 1.807) is 43.6 Å². The van der Waals surface area contributed by atoms with Gasteiger partial charge in [-0.3, -0.25) is 4.79 Å². The van der Waals surface area contributed by atoms with Gasteiger partial charge in [-0.15, -0.1) is 0 Å². The van der Waals surface area contributed by atoms with Crippen molar-refractivity contribution in [3.05, 3.63) is 78.2 Å². The van der Waals surface area contributed by atoms with E-state index in [0.717, 1.165) is 24.5 Å². The van der Waals surface area contributed by atoms with Gasteiger partial charge in [0.2, 0.25) is 0 Å². The Balaban J connectivity index is 1.34. The van der Waals surface area contributed by atoms with Gasteiger partial charge in [0.05, 0.1) is 7.11 Å². The minimum absolute atomic E-state index is 0.170. The van der Waals surface area contributed by atoms with Crippen molar-refractivity contribution in [1.29, 1.82) is 0 Å². The molecule has 30 heavy (non-hydrogen) atoms. The Morgan fingerprint density at radius 1 is 0.967 bits per heavy atom. The van der Waals surface area contributed by atoms with Crippen molar-refractivity contribution in [2.75, 3.05) is 48.4 Å². The molecule has 1 amide bonds. The minimum atomic E-state index is -0.289. The number of ether oxygens (including phenoxy) is 1. The van der Waals surface area contributed by atoms with E-state index >= 15 is 0 Å². The lowest BCUT2D eigenvalue weighted by Gasteiger charge is -2.36. The maximum absolute atomic E-state index is 13.9. The highest BCUT2D eigenvalue weighted by Gasteiger charge is 2.20. The van der Waals surface area contributed by atoms with Gasteiger partial charge in [0.15, 0.2) is 11.6 Å². The SMILES string of the molecule is COc1ccc(C(=O)Nc2ccc(N3CCN(c4ncccc4F)CC3)cc2)cc1. The van der Waals surface area contributed by atoms with Gasteiger partial charge < -0.3 is 19.9 Å². The van der Waals surface area contributed by atoms with Crippen LogP contribution >= 0.6 is 0 Å². The minimum Gasteiger partial charge on any atom is -0.497 e. The Hall–Kier alpha value is -3.61. The molecule has 2 heterocycles. The van der Waals surface area contributed by atoms with Crippen LogP contribution in [0.1, 0.15) is 10.4 Å². The molecule has 1 aliphatic heterocycles. The molecule has 154 valence electrons. The molecule has 1 aromatic heterocycles. The monoisotopic (exact) mass is 406 g/mol. The zero-order valence-electron chi connectivity index (χ0n) is 16.7. The Morgan fingerprint density at radius 2 is 1.63 bits per heavy atom. The third kappa shape index (κ3) is 4.35. The van der Waals surface area contributed by atoms with Crippen molar-refractivity contribution >= 4 is 23.1 Å². The summed E-state index contributed by atoms with van der Waals surface area (Å²) in [6, 6.07) is 17.8. The average Bonchev–Trinajstić information content (AvgIpc) is 2.80. The molecule has 0 bridgehead atoms. The number of carbonyl (C=O) groups excluding carboxylic acids is 1. The molecule has 0 unspecified atom stereocenters. The van der Waals surface area contributed by atoms with Crippen LogP contribution in [-0.4, -0.2) is 44.2 Å². The van der Waals surface area contributed by atoms with E-state index in [2.05, 4.69) is 15.2 Å². The van der Waals surface area contributed by atoms with Crippen molar-refractivity contribution in [1.82, 2.24) is 4.98 Å². The highest BCUT2D eigenvalue weighted by molar-refractivity contribution is 6.04. The quantitative estimate of drug-likeness (QED) is 0.698. The van der Waals surface area contributed by atoms with Crippen LogP contribution < -0.4 is 19.9 Å². The number of benzene rings is 2. The van der Waals surface area contributed by atoms with E-state index < -0.39 is 0 Å². The molecule has 0 atom stereocenters. The number of hydrogen-bond acceptors (Lipinski definition) is 5. The molecular formula is C23H23FN4O2. The fraction of sp³-hybridized carbons (Fsp3) is 0.217. The van der Waals surface area contributed by atoms with Crippen LogP contribution in [0.3, 0.4) is 0 Å². The molecule has 2 aromatic carbocycles. The van der Waals surface area contributed by atoms with E-state index in [4.69, 9.17) is 4.74 Å². The predicted octanol–water partition coefficient (Wildman–Crippen LogP) is 3.81. The van der Waals surface area contributed by atoms with E-state index in [1.807, 2.05) is 29.2 Å². The molecular weight excluding hydrogens is 383 g/mol. The molecule has 1 N–H and O–H groups in total. The summed E-state index contributed by atoms with van der Waals surface area (Å²) in [5.74, 6) is 0.662. The highest BCUT2D eigenvalue weighted by Crippen LogP contribution is 2.23. The van der Waals surface area contributed by atoms with Crippen LogP contribution in [-0.2, 0) is 0 Å². The van der Waals surface area contributed by atoms with E-state index in [0.29, 0.717) is 30.2 Å². The average molecular weight is 406 g/mol. The van der Waals surface area contributed by atoms with Gasteiger partial charge in [0.1, 0.15) is 5.75 Å². The standard InChI is InChI=1S/C23H23FN4O2/c1-30-20-10-4-17(5-11-20)23(29)26-18-6-8-19(9-7-18)27-13-15-28(16-14-27)22-21(24)3-2-12-25-22/h2-12H,13-16H2,1H3,(H,26,29). The molecule has 0 radical (unpaired) electrons. The van der Waals surface area contributed by atoms with Crippen LogP contribution in [0.25, 0.3) is 0 Å². The lowest BCUT2D eigenvalue weighted by molar-refractivity contribution is 0.102. The van der Waals surface area contributed by atoms with E-state index in [1.165, 1.54) is 6.07 Å². The molecule has 1 saturated heterocycles. The summed E-state index contributed by atoms with van der Waals surface area (Å²) >= 11 is 0. The summed E-state index contributed by atoms with van der Waals surface area (Å²) in [4.78, 5) is 20.8. The Kier molecular flexibility index (Phi) is 5.79. The van der Waals surface area contributed by atoms with Gasteiger partial charge in [-0.05, 0) is 60.7 Å². The zero-order chi connectivity index (χ0) is 20.9. The number of nitrogens with zero attached hydrogens (tertiary/aromatic N) is 3. The van der Waals surface area contributed by atoms with Crippen molar-refractivity contribution in [3.63, 3.8) is 0 Å². The molecule has 1 aliphatic rings. The lowest BCUT2D eigenvalue weighted by atomic mass is 10.2. The predicted molar refractivity (Wildman–Crippen MR) is 116 cm³/mol. The summed E-state index contributed by atoms with van der Waals surface area (Å²) in [7, 11) is 1.59. The van der Waals surface area contributed by atoms with Crippen LogP contribution in [0.5, 0.6) is 5.75 Å². The van der Waals surface area contributed by atoms with Crippen molar-refractivity contribution in [3.8, 4) is 5.75 Å². The topological polar surface area (TPSA) is 57.7 Å². The summed E-state index contributed by atoms with van der Waals surface area (Å²) < 4.78 is 19.1. The second-order valence-corrected chi connectivity index (χ2v) is 7.01. The second kappa shape index (κ2) is 8.82. The largest absolute Gasteiger partial charge is 0.497 e. The number of methoxy groups -OCH3 is 1. The molecule has 0 aliphatic carbocycles. The number of pyridine rings is 1. The molecule has 4 rings (SSSR count). The van der Waals surface area contributed by atoms with Gasteiger partial charge >= 0.3 is 0 Å². The van der Waals surface area contributed by atoms with Crippen LogP contribution in [0.2, 0.25) is 0 Å². The third-order valence-electron chi connectivity index (χ3n) is 5.16.